The van der Waals surface area contributed by atoms with E-state index in [9.17, 15) is 20.4 Å². The van der Waals surface area contributed by atoms with E-state index in [-0.39, 0.29) is 17.2 Å². The van der Waals surface area contributed by atoms with Gasteiger partial charge in [0.1, 0.15) is 40.1 Å². The molecule has 164 valence electrons. The van der Waals surface area contributed by atoms with Crippen LogP contribution in [-0.2, 0) is 6.42 Å². The third-order valence-corrected chi connectivity index (χ3v) is 5.57. The summed E-state index contributed by atoms with van der Waals surface area (Å²) in [5, 5.41) is 41.2. The molecule has 0 saturated carbocycles. The number of ether oxygens (including phenoxy) is 2. The molecule has 0 unspecified atom stereocenters. The quantitative estimate of drug-likeness (QED) is 0.558. The largest absolute Gasteiger partial charge is 0.508 e. The molecule has 0 amide bonds. The van der Waals surface area contributed by atoms with Crippen molar-refractivity contribution in [2.45, 2.75) is 58.2 Å². The van der Waals surface area contributed by atoms with Gasteiger partial charge in [0, 0.05) is 24.1 Å². The zero-order valence-corrected chi connectivity index (χ0v) is 18.2. The van der Waals surface area contributed by atoms with Crippen molar-refractivity contribution in [3.05, 3.63) is 52.6 Å². The van der Waals surface area contributed by atoms with E-state index < -0.39 is 11.2 Å². The third-order valence-electron chi connectivity index (χ3n) is 5.57. The zero-order valence-electron chi connectivity index (χ0n) is 18.2. The van der Waals surface area contributed by atoms with Gasteiger partial charge in [0.25, 0.3) is 0 Å². The summed E-state index contributed by atoms with van der Waals surface area (Å²) < 4.78 is 12.3. The molecule has 0 aliphatic carbocycles. The molecule has 0 saturated heterocycles. The maximum absolute atomic E-state index is 10.7. The summed E-state index contributed by atoms with van der Waals surface area (Å²) in [6, 6.07) is 5.95. The SMILES string of the molecule is CC(C)(O)CCC1=C(c2ccc(O)cc2O)Oc2c3c(cc(O)c2C1)OC(C)(C)C=C3. The second-order valence-corrected chi connectivity index (χ2v) is 9.38. The van der Waals surface area contributed by atoms with Gasteiger partial charge in [-0.3, -0.25) is 0 Å². The number of hydrogen-bond donors (Lipinski definition) is 4. The van der Waals surface area contributed by atoms with E-state index in [4.69, 9.17) is 9.47 Å². The molecule has 0 spiro atoms. The average molecular weight is 424 g/mol. The second kappa shape index (κ2) is 7.24. The molecule has 0 atom stereocenters. The predicted octanol–water partition coefficient (Wildman–Crippen LogP) is 4.88. The van der Waals surface area contributed by atoms with Crippen molar-refractivity contribution in [3.8, 4) is 28.7 Å². The number of benzene rings is 2. The summed E-state index contributed by atoms with van der Waals surface area (Å²) in [6.45, 7) is 7.33. The zero-order chi connectivity index (χ0) is 22.6. The highest BCUT2D eigenvalue weighted by Crippen LogP contribution is 2.49. The van der Waals surface area contributed by atoms with Crippen LogP contribution in [0.5, 0.6) is 28.7 Å². The van der Waals surface area contributed by atoms with Crippen LogP contribution in [0.2, 0.25) is 0 Å². The number of rotatable bonds is 4. The van der Waals surface area contributed by atoms with Crippen LogP contribution in [-0.4, -0.2) is 31.6 Å². The molecule has 2 aromatic carbocycles. The molecule has 31 heavy (non-hydrogen) atoms. The highest BCUT2D eigenvalue weighted by atomic mass is 16.5. The van der Waals surface area contributed by atoms with Crippen LogP contribution in [0.1, 0.15) is 57.2 Å². The van der Waals surface area contributed by atoms with Crippen molar-refractivity contribution >= 4 is 11.8 Å². The number of aromatic hydroxyl groups is 3. The molecule has 0 aromatic heterocycles. The lowest BCUT2D eigenvalue weighted by atomic mass is 9.88. The molecule has 6 heteroatoms. The molecule has 0 bridgehead atoms. The normalized spacial score (nSPS) is 16.9. The Morgan fingerprint density at radius 3 is 2.48 bits per heavy atom. The molecule has 2 aliphatic heterocycles. The van der Waals surface area contributed by atoms with Gasteiger partial charge in [0.15, 0.2) is 0 Å². The summed E-state index contributed by atoms with van der Waals surface area (Å²) >= 11 is 0. The minimum atomic E-state index is -0.880. The van der Waals surface area contributed by atoms with E-state index >= 15 is 0 Å². The van der Waals surface area contributed by atoms with E-state index in [1.165, 1.54) is 12.1 Å². The Morgan fingerprint density at radius 1 is 1.06 bits per heavy atom. The minimum Gasteiger partial charge on any atom is -0.508 e. The molecular formula is C25H28O6. The van der Waals surface area contributed by atoms with Gasteiger partial charge < -0.3 is 29.9 Å². The fourth-order valence-corrected chi connectivity index (χ4v) is 3.90. The van der Waals surface area contributed by atoms with Crippen molar-refractivity contribution in [2.75, 3.05) is 0 Å². The summed E-state index contributed by atoms with van der Waals surface area (Å²) in [5.74, 6) is 1.38. The highest BCUT2D eigenvalue weighted by Gasteiger charge is 2.32. The van der Waals surface area contributed by atoms with Crippen LogP contribution in [0.4, 0.5) is 0 Å². The summed E-state index contributed by atoms with van der Waals surface area (Å²) in [7, 11) is 0. The Bertz CT molecular complexity index is 1100. The van der Waals surface area contributed by atoms with E-state index in [1.807, 2.05) is 26.0 Å². The minimum absolute atomic E-state index is 0.0512. The third kappa shape index (κ3) is 4.21. The molecule has 4 N–H and O–H groups in total. The monoisotopic (exact) mass is 424 g/mol. The number of phenolic OH excluding ortho intramolecular Hbond substituents is 3. The Hall–Kier alpha value is -3.12. The van der Waals surface area contributed by atoms with Gasteiger partial charge in [0.2, 0.25) is 0 Å². The van der Waals surface area contributed by atoms with Crippen molar-refractivity contribution in [1.29, 1.82) is 0 Å². The number of phenols is 3. The van der Waals surface area contributed by atoms with E-state index in [0.717, 1.165) is 11.1 Å². The van der Waals surface area contributed by atoms with E-state index in [2.05, 4.69) is 0 Å². The van der Waals surface area contributed by atoms with Gasteiger partial charge in [-0.15, -0.1) is 0 Å². The fraction of sp³-hybridized carbons (Fsp3) is 0.360. The molecule has 0 radical (unpaired) electrons. The van der Waals surface area contributed by atoms with Crippen molar-refractivity contribution in [2.24, 2.45) is 0 Å². The Morgan fingerprint density at radius 2 is 1.81 bits per heavy atom. The number of hydrogen-bond acceptors (Lipinski definition) is 6. The standard InChI is InChI=1S/C25H28O6/c1-24(2,29)9-7-14-11-18-20(28)13-21-17(8-10-25(3,4)31-21)23(18)30-22(14)16-6-5-15(26)12-19(16)27/h5-6,8,10,12-13,26-29H,7,9,11H2,1-4H3. The van der Waals surface area contributed by atoms with Crippen LogP contribution < -0.4 is 9.47 Å². The highest BCUT2D eigenvalue weighted by molar-refractivity contribution is 5.79. The van der Waals surface area contributed by atoms with Crippen LogP contribution in [0.3, 0.4) is 0 Å². The Labute approximate surface area is 181 Å². The lowest BCUT2D eigenvalue weighted by Crippen LogP contribution is -2.28. The number of fused-ring (bicyclic) bond motifs is 3. The average Bonchev–Trinajstić information content (AvgIpc) is 2.64. The van der Waals surface area contributed by atoms with Gasteiger partial charge in [-0.25, -0.2) is 0 Å². The van der Waals surface area contributed by atoms with Crippen molar-refractivity contribution < 1.29 is 29.9 Å². The molecule has 6 nitrogen and oxygen atoms in total. The van der Waals surface area contributed by atoms with Crippen LogP contribution in [0, 0.1) is 0 Å². The van der Waals surface area contributed by atoms with Gasteiger partial charge in [-0.2, -0.15) is 0 Å². The van der Waals surface area contributed by atoms with Crippen LogP contribution in [0.25, 0.3) is 11.8 Å². The Balaban J connectivity index is 1.84. The first kappa shape index (κ1) is 21.1. The van der Waals surface area contributed by atoms with Gasteiger partial charge in [0.05, 0.1) is 16.7 Å². The first-order valence-corrected chi connectivity index (χ1v) is 10.4. The first-order valence-electron chi connectivity index (χ1n) is 10.4. The molecule has 0 fully saturated rings. The lowest BCUT2D eigenvalue weighted by molar-refractivity contribution is 0.0711. The van der Waals surface area contributed by atoms with Gasteiger partial charge in [-0.1, -0.05) is 0 Å². The van der Waals surface area contributed by atoms with Crippen molar-refractivity contribution in [1.82, 2.24) is 0 Å². The summed E-state index contributed by atoms with van der Waals surface area (Å²) in [4.78, 5) is 0. The predicted molar refractivity (Wildman–Crippen MR) is 118 cm³/mol. The van der Waals surface area contributed by atoms with Crippen LogP contribution in [0.15, 0.2) is 35.9 Å². The Kier molecular flexibility index (Phi) is 4.93. The lowest BCUT2D eigenvalue weighted by Gasteiger charge is -2.32. The van der Waals surface area contributed by atoms with Gasteiger partial charge in [-0.05, 0) is 70.4 Å². The number of aliphatic hydroxyl groups is 1. The molecule has 2 aliphatic rings. The molecule has 2 aromatic rings. The maximum Gasteiger partial charge on any atom is 0.145 e. The smallest absolute Gasteiger partial charge is 0.145 e. The first-order chi connectivity index (χ1) is 14.4. The van der Waals surface area contributed by atoms with E-state index in [1.54, 1.807) is 26.0 Å². The maximum atomic E-state index is 10.7. The molecular weight excluding hydrogens is 396 g/mol. The van der Waals surface area contributed by atoms with Gasteiger partial charge >= 0.3 is 0 Å². The topological polar surface area (TPSA) is 99.4 Å². The fourth-order valence-electron chi connectivity index (χ4n) is 3.90. The molecule has 4 rings (SSSR count). The van der Waals surface area contributed by atoms with E-state index in [0.29, 0.717) is 47.6 Å². The van der Waals surface area contributed by atoms with Crippen LogP contribution >= 0.6 is 0 Å². The molecule has 2 heterocycles. The summed E-state index contributed by atoms with van der Waals surface area (Å²) in [5.41, 5.74) is 1.26. The second-order valence-electron chi connectivity index (χ2n) is 9.38. The van der Waals surface area contributed by atoms with Crippen molar-refractivity contribution in [3.63, 3.8) is 0 Å². The summed E-state index contributed by atoms with van der Waals surface area (Å²) in [6.07, 6.45) is 5.24. The number of allylic oxidation sites excluding steroid dienone is 1.